The van der Waals surface area contributed by atoms with Crippen LogP contribution in [0.3, 0.4) is 0 Å². The first-order valence-electron chi connectivity index (χ1n) is 10.4. The number of carbonyl (C=O) groups is 2. The van der Waals surface area contributed by atoms with E-state index in [1.807, 2.05) is 18.2 Å². The highest BCUT2D eigenvalue weighted by Crippen LogP contribution is 2.46. The number of carbonyl (C=O) groups excluding carboxylic acids is 2. The molecule has 160 valence electrons. The Kier molecular flexibility index (Phi) is 6.04. The maximum atomic E-state index is 12.8. The molecule has 1 aliphatic rings. The van der Waals surface area contributed by atoms with E-state index in [9.17, 15) is 9.59 Å². The van der Waals surface area contributed by atoms with Crippen LogP contribution in [0.1, 0.15) is 75.8 Å². The first kappa shape index (κ1) is 22.0. The maximum Gasteiger partial charge on any atom is 0.302 e. The van der Waals surface area contributed by atoms with Gasteiger partial charge in [-0.3, -0.25) is 9.59 Å². The Morgan fingerprint density at radius 1 is 1.00 bits per heavy atom. The number of fused-ring (bicyclic) bond motifs is 1. The quantitative estimate of drug-likeness (QED) is 0.701. The van der Waals surface area contributed by atoms with Gasteiger partial charge in [-0.05, 0) is 58.1 Å². The third-order valence-electron chi connectivity index (χ3n) is 6.18. The molecule has 0 spiro atoms. The van der Waals surface area contributed by atoms with E-state index < -0.39 is 6.04 Å². The highest BCUT2D eigenvalue weighted by molar-refractivity contribution is 5.95. The van der Waals surface area contributed by atoms with Crippen LogP contribution in [-0.4, -0.2) is 11.9 Å². The lowest BCUT2D eigenvalue weighted by atomic mass is 9.63. The molecule has 0 saturated heterocycles. The Hall–Kier alpha value is -2.66. The topological polar surface area (TPSA) is 81.4 Å². The van der Waals surface area contributed by atoms with Gasteiger partial charge in [-0.15, -0.1) is 0 Å². The minimum atomic E-state index is -0.753. The van der Waals surface area contributed by atoms with Gasteiger partial charge in [-0.25, -0.2) is 0 Å². The summed E-state index contributed by atoms with van der Waals surface area (Å²) in [6, 6.07) is 12.7. The maximum absolute atomic E-state index is 12.8. The van der Waals surface area contributed by atoms with Gasteiger partial charge in [0, 0.05) is 12.6 Å². The van der Waals surface area contributed by atoms with Crippen molar-refractivity contribution in [1.29, 1.82) is 0 Å². The highest BCUT2D eigenvalue weighted by Gasteiger charge is 2.37. The van der Waals surface area contributed by atoms with Gasteiger partial charge in [0.15, 0.2) is 0 Å². The lowest BCUT2D eigenvalue weighted by Gasteiger charge is -2.42. The zero-order chi connectivity index (χ0) is 22.1. The van der Waals surface area contributed by atoms with Crippen molar-refractivity contribution in [3.8, 4) is 0 Å². The minimum Gasteiger partial charge on any atom is -0.461 e. The molecule has 0 fully saturated rings. The molecule has 2 aromatic rings. The summed E-state index contributed by atoms with van der Waals surface area (Å²) in [6.07, 6.45) is 2.25. The van der Waals surface area contributed by atoms with Gasteiger partial charge in [0.2, 0.25) is 5.91 Å². The normalized spacial score (nSPS) is 17.5. The van der Waals surface area contributed by atoms with Crippen molar-refractivity contribution in [2.75, 3.05) is 5.32 Å². The summed E-state index contributed by atoms with van der Waals surface area (Å²) in [5, 5.41) is 2.88. The molecule has 1 unspecified atom stereocenters. The van der Waals surface area contributed by atoms with Gasteiger partial charge in [0.25, 0.3) is 0 Å². The summed E-state index contributed by atoms with van der Waals surface area (Å²) in [5.74, 6) is -0.578. The number of hydrogen-bond donors (Lipinski definition) is 2. The Morgan fingerprint density at radius 3 is 2.20 bits per heavy atom. The van der Waals surface area contributed by atoms with Crippen LogP contribution < -0.4 is 11.1 Å². The molecule has 30 heavy (non-hydrogen) atoms. The fraction of sp³-hybridized carbons (Fsp3) is 0.440. The van der Waals surface area contributed by atoms with Crippen LogP contribution in [0.2, 0.25) is 0 Å². The summed E-state index contributed by atoms with van der Waals surface area (Å²) in [6.45, 7) is 10.7. The van der Waals surface area contributed by atoms with E-state index in [0.29, 0.717) is 5.69 Å². The zero-order valence-electron chi connectivity index (χ0n) is 18.5. The van der Waals surface area contributed by atoms with E-state index in [4.69, 9.17) is 10.5 Å². The molecule has 0 heterocycles. The van der Waals surface area contributed by atoms with E-state index in [1.165, 1.54) is 18.1 Å². The Bertz CT molecular complexity index is 945. The van der Waals surface area contributed by atoms with Crippen LogP contribution in [0.25, 0.3) is 0 Å². The molecule has 2 aromatic carbocycles. The molecule has 1 atom stereocenters. The lowest BCUT2D eigenvalue weighted by molar-refractivity contribution is -0.142. The highest BCUT2D eigenvalue weighted by atomic mass is 16.5. The van der Waals surface area contributed by atoms with Gasteiger partial charge >= 0.3 is 5.97 Å². The number of esters is 1. The SMILES string of the molecule is CC(=O)OCc1ccc(NC(=O)C(N)c2ccc3c(c2)C(C)(C)CCC3(C)C)cc1. The number of nitrogens with one attached hydrogen (secondary N) is 1. The van der Waals surface area contributed by atoms with Crippen LogP contribution in [0.15, 0.2) is 42.5 Å². The second kappa shape index (κ2) is 8.23. The van der Waals surface area contributed by atoms with Crippen molar-refractivity contribution >= 4 is 17.6 Å². The monoisotopic (exact) mass is 408 g/mol. The fourth-order valence-corrected chi connectivity index (χ4v) is 4.04. The number of nitrogens with two attached hydrogens (primary N) is 1. The van der Waals surface area contributed by atoms with Crippen LogP contribution in [0, 0.1) is 0 Å². The lowest BCUT2D eigenvalue weighted by Crippen LogP contribution is -2.35. The van der Waals surface area contributed by atoms with Gasteiger partial charge in [-0.1, -0.05) is 58.0 Å². The first-order chi connectivity index (χ1) is 14.0. The summed E-state index contributed by atoms with van der Waals surface area (Å²) in [5.41, 5.74) is 11.5. The van der Waals surface area contributed by atoms with E-state index in [2.05, 4.69) is 45.1 Å². The van der Waals surface area contributed by atoms with Gasteiger partial charge in [0.05, 0.1) is 0 Å². The van der Waals surface area contributed by atoms with E-state index in [0.717, 1.165) is 24.0 Å². The predicted molar refractivity (Wildman–Crippen MR) is 119 cm³/mol. The third-order valence-corrected chi connectivity index (χ3v) is 6.18. The van der Waals surface area contributed by atoms with Gasteiger partial charge in [0.1, 0.15) is 12.6 Å². The molecule has 0 saturated carbocycles. The van der Waals surface area contributed by atoms with E-state index >= 15 is 0 Å². The van der Waals surface area contributed by atoms with Crippen molar-refractivity contribution in [3.63, 3.8) is 0 Å². The average Bonchev–Trinajstić information content (AvgIpc) is 2.70. The molecular weight excluding hydrogens is 376 g/mol. The van der Waals surface area contributed by atoms with E-state index in [1.54, 1.807) is 12.1 Å². The number of rotatable bonds is 5. The van der Waals surface area contributed by atoms with Crippen LogP contribution in [0.5, 0.6) is 0 Å². The number of benzene rings is 2. The molecule has 0 aliphatic heterocycles. The molecule has 5 nitrogen and oxygen atoms in total. The second-order valence-electron chi connectivity index (χ2n) is 9.52. The molecule has 5 heteroatoms. The molecule has 0 aromatic heterocycles. The standard InChI is InChI=1S/C25H32N2O3/c1-16(28)30-15-17-6-9-19(10-7-17)27-23(29)22(26)18-8-11-20-21(14-18)25(4,5)13-12-24(20,2)3/h6-11,14,22H,12-13,15,26H2,1-5H3,(H,27,29). The third kappa shape index (κ3) is 4.73. The first-order valence-corrected chi connectivity index (χ1v) is 10.4. The van der Waals surface area contributed by atoms with Crippen LogP contribution >= 0.6 is 0 Å². The number of hydrogen-bond acceptors (Lipinski definition) is 4. The van der Waals surface area contributed by atoms with Crippen molar-refractivity contribution in [2.45, 2.75) is 70.9 Å². The van der Waals surface area contributed by atoms with Crippen LogP contribution in [0.4, 0.5) is 5.69 Å². The Labute approximate surface area is 179 Å². The van der Waals surface area contributed by atoms with Gasteiger partial charge in [-0.2, -0.15) is 0 Å². The zero-order valence-corrected chi connectivity index (χ0v) is 18.5. The molecule has 0 radical (unpaired) electrons. The molecule has 1 amide bonds. The molecule has 3 rings (SSSR count). The summed E-state index contributed by atoms with van der Waals surface area (Å²) in [7, 11) is 0. The second-order valence-corrected chi connectivity index (χ2v) is 9.52. The molecule has 3 N–H and O–H groups in total. The molecular formula is C25H32N2O3. The summed E-state index contributed by atoms with van der Waals surface area (Å²) < 4.78 is 4.98. The van der Waals surface area contributed by atoms with Crippen LogP contribution in [-0.2, 0) is 31.8 Å². The largest absolute Gasteiger partial charge is 0.461 e. The molecule has 1 aliphatic carbocycles. The summed E-state index contributed by atoms with van der Waals surface area (Å²) >= 11 is 0. The van der Waals surface area contributed by atoms with Crippen molar-refractivity contribution in [1.82, 2.24) is 0 Å². The predicted octanol–water partition coefficient (Wildman–Crippen LogP) is 4.74. The van der Waals surface area contributed by atoms with Crippen molar-refractivity contribution in [2.24, 2.45) is 5.73 Å². The number of anilines is 1. The van der Waals surface area contributed by atoms with E-state index in [-0.39, 0.29) is 29.3 Å². The Balaban J connectivity index is 1.74. The smallest absolute Gasteiger partial charge is 0.302 e. The summed E-state index contributed by atoms with van der Waals surface area (Å²) in [4.78, 5) is 23.7. The fourth-order valence-electron chi connectivity index (χ4n) is 4.04. The van der Waals surface area contributed by atoms with Crippen molar-refractivity contribution < 1.29 is 14.3 Å². The average molecular weight is 409 g/mol. The minimum absolute atomic E-state index is 0.0643. The molecule has 0 bridgehead atoms. The van der Waals surface area contributed by atoms with Crippen molar-refractivity contribution in [3.05, 3.63) is 64.7 Å². The number of ether oxygens (including phenoxy) is 1. The number of amides is 1. The van der Waals surface area contributed by atoms with Gasteiger partial charge < -0.3 is 15.8 Å². The Morgan fingerprint density at radius 2 is 1.60 bits per heavy atom.